The number of hydrogen-bond donors (Lipinski definition) is 2. The van der Waals surface area contributed by atoms with Gasteiger partial charge >= 0.3 is 5.69 Å². The monoisotopic (exact) mass is 219 g/mol. The van der Waals surface area contributed by atoms with Crippen molar-refractivity contribution in [2.45, 2.75) is 18.8 Å². The van der Waals surface area contributed by atoms with E-state index in [1.54, 1.807) is 0 Å². The average molecular weight is 219 g/mol. The number of imidazole rings is 1. The van der Waals surface area contributed by atoms with E-state index in [-0.39, 0.29) is 5.69 Å². The average Bonchev–Trinajstić information content (AvgIpc) is 2.69. The van der Waals surface area contributed by atoms with Gasteiger partial charge in [0.05, 0.1) is 5.52 Å². The molecule has 3 rings (SSSR count). The zero-order chi connectivity index (χ0) is 11.0. The van der Waals surface area contributed by atoms with Gasteiger partial charge in [0.2, 0.25) is 0 Å². The van der Waals surface area contributed by atoms with Gasteiger partial charge in [-0.15, -0.1) is 0 Å². The highest BCUT2D eigenvalue weighted by molar-refractivity contribution is 5.70. The van der Waals surface area contributed by atoms with Crippen molar-refractivity contribution in [2.75, 3.05) is 13.2 Å². The van der Waals surface area contributed by atoms with Gasteiger partial charge in [-0.1, -0.05) is 0 Å². The van der Waals surface area contributed by atoms with Gasteiger partial charge in [0.1, 0.15) is 0 Å². The molecule has 1 fully saturated rings. The Morgan fingerprint density at radius 1 is 1.31 bits per heavy atom. The molecule has 0 saturated carbocycles. The van der Waals surface area contributed by atoms with Gasteiger partial charge in [-0.3, -0.25) is 4.98 Å². The van der Waals surface area contributed by atoms with Gasteiger partial charge in [0.25, 0.3) is 0 Å². The molecule has 5 heteroatoms. The van der Waals surface area contributed by atoms with E-state index in [1.165, 1.54) is 5.56 Å². The number of H-pyrrole nitrogens is 2. The minimum absolute atomic E-state index is 0.202. The van der Waals surface area contributed by atoms with Crippen LogP contribution in [0.5, 0.6) is 0 Å². The molecule has 2 N–H and O–H groups in total. The van der Waals surface area contributed by atoms with E-state index in [0.29, 0.717) is 11.6 Å². The number of nitrogens with zero attached hydrogens (tertiary/aromatic N) is 1. The second-order valence-electron chi connectivity index (χ2n) is 4.13. The lowest BCUT2D eigenvalue weighted by Crippen LogP contribution is -2.14. The van der Waals surface area contributed by atoms with Crippen LogP contribution in [0.25, 0.3) is 11.2 Å². The maximum atomic E-state index is 11.1. The number of aromatic nitrogens is 3. The molecule has 0 amide bonds. The predicted molar refractivity (Wildman–Crippen MR) is 59.5 cm³/mol. The summed E-state index contributed by atoms with van der Waals surface area (Å²) < 4.78 is 5.33. The number of rotatable bonds is 1. The third-order valence-electron chi connectivity index (χ3n) is 3.08. The van der Waals surface area contributed by atoms with E-state index in [0.717, 1.165) is 31.6 Å². The van der Waals surface area contributed by atoms with Gasteiger partial charge in [0.15, 0.2) is 5.65 Å². The first-order valence-corrected chi connectivity index (χ1v) is 5.48. The fourth-order valence-corrected chi connectivity index (χ4v) is 2.19. The predicted octanol–water partition coefficient (Wildman–Crippen LogP) is 1.15. The third kappa shape index (κ3) is 1.63. The van der Waals surface area contributed by atoms with E-state index in [2.05, 4.69) is 15.0 Å². The smallest absolute Gasteiger partial charge is 0.325 e. The Morgan fingerprint density at radius 3 is 2.94 bits per heavy atom. The first kappa shape index (κ1) is 9.59. The molecule has 0 spiro atoms. The quantitative estimate of drug-likeness (QED) is 0.755. The lowest BCUT2D eigenvalue weighted by atomic mass is 9.93. The van der Waals surface area contributed by atoms with Crippen molar-refractivity contribution in [3.05, 3.63) is 28.3 Å². The summed E-state index contributed by atoms with van der Waals surface area (Å²) in [6.45, 7) is 1.62. The van der Waals surface area contributed by atoms with Crippen molar-refractivity contribution in [1.29, 1.82) is 0 Å². The van der Waals surface area contributed by atoms with Gasteiger partial charge in [-0.2, -0.15) is 0 Å². The zero-order valence-electron chi connectivity index (χ0n) is 8.82. The van der Waals surface area contributed by atoms with E-state index in [9.17, 15) is 4.79 Å². The molecule has 84 valence electrons. The number of aromatic amines is 2. The van der Waals surface area contributed by atoms with Crippen LogP contribution in [0.4, 0.5) is 0 Å². The Kier molecular flexibility index (Phi) is 2.25. The Bertz CT molecular complexity index is 552. The lowest BCUT2D eigenvalue weighted by Gasteiger charge is -2.21. The number of hydrogen-bond acceptors (Lipinski definition) is 3. The van der Waals surface area contributed by atoms with Crippen LogP contribution in [-0.2, 0) is 4.74 Å². The molecular formula is C11H13N3O2. The summed E-state index contributed by atoms with van der Waals surface area (Å²) in [6, 6.07) is 2.01. The Morgan fingerprint density at radius 2 is 2.12 bits per heavy atom. The Hall–Kier alpha value is -1.62. The van der Waals surface area contributed by atoms with Crippen molar-refractivity contribution in [2.24, 2.45) is 0 Å². The molecule has 2 aromatic rings. The van der Waals surface area contributed by atoms with Crippen LogP contribution in [-0.4, -0.2) is 28.2 Å². The van der Waals surface area contributed by atoms with E-state index >= 15 is 0 Å². The van der Waals surface area contributed by atoms with Gasteiger partial charge in [-0.05, 0) is 30.4 Å². The number of nitrogens with one attached hydrogen (secondary N) is 2. The number of fused-ring (bicyclic) bond motifs is 1. The maximum Gasteiger partial charge on any atom is 0.325 e. The molecule has 16 heavy (non-hydrogen) atoms. The second-order valence-corrected chi connectivity index (χ2v) is 4.13. The molecule has 0 bridgehead atoms. The second kappa shape index (κ2) is 3.75. The largest absolute Gasteiger partial charge is 0.381 e. The standard InChI is InChI=1S/C11H13N3O2/c15-11-13-9-5-8(6-12-10(9)14-11)7-1-3-16-4-2-7/h5-7H,1-4H2,(H2,12,13,14,15). The first-order valence-electron chi connectivity index (χ1n) is 5.48. The van der Waals surface area contributed by atoms with Crippen LogP contribution in [0.15, 0.2) is 17.1 Å². The van der Waals surface area contributed by atoms with Crippen LogP contribution in [0.1, 0.15) is 24.3 Å². The van der Waals surface area contributed by atoms with E-state index in [4.69, 9.17) is 4.74 Å². The third-order valence-corrected chi connectivity index (χ3v) is 3.08. The van der Waals surface area contributed by atoms with Gasteiger partial charge < -0.3 is 9.72 Å². The fourth-order valence-electron chi connectivity index (χ4n) is 2.19. The normalized spacial score (nSPS) is 18.0. The van der Waals surface area contributed by atoms with Gasteiger partial charge in [-0.25, -0.2) is 9.78 Å². The molecule has 0 aromatic carbocycles. The molecule has 1 aliphatic heterocycles. The Labute approximate surface area is 91.9 Å². The lowest BCUT2D eigenvalue weighted by molar-refractivity contribution is 0.0853. The number of pyridine rings is 1. The molecule has 2 aromatic heterocycles. The summed E-state index contributed by atoms with van der Waals surface area (Å²) in [5.74, 6) is 0.504. The summed E-state index contributed by atoms with van der Waals surface area (Å²) in [6.07, 6.45) is 3.91. The van der Waals surface area contributed by atoms with Crippen LogP contribution < -0.4 is 5.69 Å². The topological polar surface area (TPSA) is 70.8 Å². The van der Waals surface area contributed by atoms with Crippen molar-refractivity contribution >= 4 is 11.2 Å². The molecule has 0 radical (unpaired) electrons. The van der Waals surface area contributed by atoms with Crippen LogP contribution in [0.2, 0.25) is 0 Å². The summed E-state index contributed by atoms with van der Waals surface area (Å²) in [4.78, 5) is 20.7. The van der Waals surface area contributed by atoms with Crippen molar-refractivity contribution in [1.82, 2.24) is 15.0 Å². The molecule has 1 aliphatic rings. The van der Waals surface area contributed by atoms with Crippen LogP contribution >= 0.6 is 0 Å². The van der Waals surface area contributed by atoms with Crippen molar-refractivity contribution < 1.29 is 4.74 Å². The van der Waals surface area contributed by atoms with E-state index in [1.807, 2.05) is 12.3 Å². The molecule has 3 heterocycles. The minimum atomic E-state index is -0.202. The highest BCUT2D eigenvalue weighted by atomic mass is 16.5. The Balaban J connectivity index is 2.00. The van der Waals surface area contributed by atoms with Gasteiger partial charge in [0, 0.05) is 19.4 Å². The molecule has 5 nitrogen and oxygen atoms in total. The van der Waals surface area contributed by atoms with E-state index < -0.39 is 0 Å². The molecule has 0 unspecified atom stereocenters. The molecular weight excluding hydrogens is 206 g/mol. The molecule has 0 aliphatic carbocycles. The minimum Gasteiger partial charge on any atom is -0.381 e. The highest BCUT2D eigenvalue weighted by Crippen LogP contribution is 2.27. The molecule has 1 saturated heterocycles. The number of ether oxygens (including phenoxy) is 1. The summed E-state index contributed by atoms with van der Waals surface area (Å²) in [5.41, 5.74) is 2.40. The SMILES string of the molecule is O=c1[nH]c2cc(C3CCOCC3)cnc2[nH]1. The zero-order valence-corrected chi connectivity index (χ0v) is 8.82. The van der Waals surface area contributed by atoms with Crippen LogP contribution in [0, 0.1) is 0 Å². The van der Waals surface area contributed by atoms with Crippen molar-refractivity contribution in [3.63, 3.8) is 0 Å². The summed E-state index contributed by atoms with van der Waals surface area (Å²) in [7, 11) is 0. The van der Waals surface area contributed by atoms with Crippen LogP contribution in [0.3, 0.4) is 0 Å². The summed E-state index contributed by atoms with van der Waals surface area (Å²) in [5, 5.41) is 0. The first-order chi connectivity index (χ1) is 7.83. The summed E-state index contributed by atoms with van der Waals surface area (Å²) >= 11 is 0. The molecule has 0 atom stereocenters. The van der Waals surface area contributed by atoms with Crippen molar-refractivity contribution in [3.8, 4) is 0 Å². The fraction of sp³-hybridized carbons (Fsp3) is 0.455. The highest BCUT2D eigenvalue weighted by Gasteiger charge is 2.16. The maximum absolute atomic E-state index is 11.1.